The van der Waals surface area contributed by atoms with Crippen molar-refractivity contribution < 1.29 is 43.5 Å². The summed E-state index contributed by atoms with van der Waals surface area (Å²) in [5.41, 5.74) is 1.20. The number of aliphatic hydroxyl groups is 1. The highest BCUT2D eigenvalue weighted by atomic mass is 31.2. The summed E-state index contributed by atoms with van der Waals surface area (Å²) in [4.78, 5) is 36.7. The molecule has 2 rings (SSSR count). The van der Waals surface area contributed by atoms with Gasteiger partial charge in [0.2, 0.25) is 6.54 Å². The highest BCUT2D eigenvalue weighted by Crippen LogP contribution is 2.67. The number of pyridine rings is 1. The SMILES string of the molecule is O=P(O)(O)C(O)(C[n+]1cccc(-c2ccc(O)cc2)c1)P(=O)(O)O. The number of hydrogen-bond donors (Lipinski definition) is 6. The van der Waals surface area contributed by atoms with Gasteiger partial charge in [-0.25, -0.2) is 4.57 Å². The molecule has 0 aliphatic heterocycles. The van der Waals surface area contributed by atoms with E-state index >= 15 is 0 Å². The van der Waals surface area contributed by atoms with E-state index in [1.807, 2.05) is 0 Å². The highest BCUT2D eigenvalue weighted by molar-refractivity contribution is 7.72. The summed E-state index contributed by atoms with van der Waals surface area (Å²) in [7, 11) is -11.1. The molecular formula is C13H16NO8P2+. The number of benzene rings is 1. The van der Waals surface area contributed by atoms with Gasteiger partial charge in [-0.15, -0.1) is 0 Å². The Kier molecular flexibility index (Phi) is 4.99. The predicted octanol–water partition coefficient (Wildman–Crippen LogP) is 0.348. The maximum atomic E-state index is 11.4. The van der Waals surface area contributed by atoms with Crippen molar-refractivity contribution in [2.45, 2.75) is 11.6 Å². The average molecular weight is 376 g/mol. The van der Waals surface area contributed by atoms with Crippen molar-refractivity contribution in [1.29, 1.82) is 0 Å². The van der Waals surface area contributed by atoms with Gasteiger partial charge in [0.25, 0.3) is 0 Å². The third kappa shape index (κ3) is 3.74. The number of aromatic hydroxyl groups is 1. The lowest BCUT2D eigenvalue weighted by atomic mass is 10.1. The third-order valence-electron chi connectivity index (χ3n) is 3.39. The van der Waals surface area contributed by atoms with Gasteiger partial charge in [-0.05, 0) is 23.8 Å². The van der Waals surface area contributed by atoms with Crippen molar-refractivity contribution in [3.05, 3.63) is 48.8 Å². The van der Waals surface area contributed by atoms with Crippen LogP contribution in [0.4, 0.5) is 0 Å². The van der Waals surface area contributed by atoms with Crippen LogP contribution in [0.15, 0.2) is 48.8 Å². The summed E-state index contributed by atoms with van der Waals surface area (Å²) in [5, 5.41) is 15.7. The Morgan fingerprint density at radius 2 is 1.46 bits per heavy atom. The minimum atomic E-state index is -5.53. The lowest BCUT2D eigenvalue weighted by molar-refractivity contribution is -0.703. The largest absolute Gasteiger partial charge is 0.508 e. The van der Waals surface area contributed by atoms with Crippen molar-refractivity contribution in [2.24, 2.45) is 0 Å². The Morgan fingerprint density at radius 1 is 0.917 bits per heavy atom. The molecule has 1 aromatic carbocycles. The quantitative estimate of drug-likeness (QED) is 0.322. The van der Waals surface area contributed by atoms with E-state index in [-0.39, 0.29) is 5.75 Å². The molecule has 0 unspecified atom stereocenters. The van der Waals surface area contributed by atoms with Gasteiger partial charge in [-0.2, -0.15) is 0 Å². The zero-order chi connectivity index (χ0) is 18.2. The second-order valence-corrected chi connectivity index (χ2v) is 9.18. The van der Waals surface area contributed by atoms with E-state index < -0.39 is 26.8 Å². The molecule has 1 aromatic heterocycles. The van der Waals surface area contributed by atoms with Gasteiger partial charge in [0, 0.05) is 11.6 Å². The van der Waals surface area contributed by atoms with Crippen LogP contribution < -0.4 is 4.57 Å². The van der Waals surface area contributed by atoms with Crippen LogP contribution >= 0.6 is 15.2 Å². The van der Waals surface area contributed by atoms with Crippen molar-refractivity contribution in [2.75, 3.05) is 0 Å². The van der Waals surface area contributed by atoms with Crippen LogP contribution in [0.5, 0.6) is 5.75 Å². The minimum Gasteiger partial charge on any atom is -0.508 e. The minimum absolute atomic E-state index is 0.0555. The summed E-state index contributed by atoms with van der Waals surface area (Å²) in [6, 6.07) is 9.20. The molecule has 0 radical (unpaired) electrons. The van der Waals surface area contributed by atoms with Crippen LogP contribution in [0.1, 0.15) is 0 Å². The standard InChI is InChI=1S/C13H15NO8P2/c15-12-5-3-10(4-6-12)11-2-1-7-14(8-11)9-13(16,23(17,18)19)24(20,21)22/h1-8,16H,9H2,(H4-,15,17,18,19,20,21,22)/p+1. The fraction of sp³-hybridized carbons (Fsp3) is 0.154. The zero-order valence-corrected chi connectivity index (χ0v) is 14.0. The van der Waals surface area contributed by atoms with Crippen molar-refractivity contribution >= 4 is 15.2 Å². The summed E-state index contributed by atoms with van der Waals surface area (Å²) in [5.74, 6) is 0.0555. The Balaban J connectivity index is 2.43. The van der Waals surface area contributed by atoms with E-state index in [4.69, 9.17) is 0 Å². The van der Waals surface area contributed by atoms with Crippen LogP contribution in [0.2, 0.25) is 0 Å². The molecular weight excluding hydrogens is 360 g/mol. The maximum absolute atomic E-state index is 11.4. The zero-order valence-electron chi connectivity index (χ0n) is 12.2. The van der Waals surface area contributed by atoms with Gasteiger partial charge in [0.1, 0.15) is 5.75 Å². The van der Waals surface area contributed by atoms with Crippen molar-refractivity contribution in [3.63, 3.8) is 0 Å². The number of phenols is 1. The topological polar surface area (TPSA) is 159 Å². The average Bonchev–Trinajstić information content (AvgIpc) is 2.46. The maximum Gasteiger partial charge on any atom is 0.376 e. The first-order valence-corrected chi connectivity index (χ1v) is 9.79. The Labute approximate surface area is 136 Å². The molecule has 1 heterocycles. The Hall–Kier alpha value is -1.57. The normalized spacial score (nSPS) is 13.0. The van der Waals surface area contributed by atoms with Crippen LogP contribution in [0, 0.1) is 0 Å². The number of phenolic OH excluding ortho intramolecular Hbond substituents is 1. The summed E-state index contributed by atoms with van der Waals surface area (Å²) >= 11 is 0. The second-order valence-electron chi connectivity index (χ2n) is 5.17. The van der Waals surface area contributed by atoms with Crippen molar-refractivity contribution in [3.8, 4) is 16.9 Å². The van der Waals surface area contributed by atoms with Crippen LogP contribution in [-0.2, 0) is 15.7 Å². The van der Waals surface area contributed by atoms with E-state index in [2.05, 4.69) is 0 Å². The second kappa shape index (κ2) is 6.38. The Morgan fingerprint density at radius 3 is 1.96 bits per heavy atom. The number of nitrogens with zero attached hydrogens (tertiary/aromatic N) is 1. The fourth-order valence-electron chi connectivity index (χ4n) is 2.04. The lowest BCUT2D eigenvalue weighted by Gasteiger charge is -2.26. The smallest absolute Gasteiger partial charge is 0.376 e. The van der Waals surface area contributed by atoms with Crippen molar-refractivity contribution in [1.82, 2.24) is 0 Å². The van der Waals surface area contributed by atoms with Gasteiger partial charge in [-0.1, -0.05) is 12.1 Å². The first-order chi connectivity index (χ1) is 10.9. The molecule has 0 bridgehead atoms. The predicted molar refractivity (Wildman–Crippen MR) is 82.8 cm³/mol. The molecule has 9 nitrogen and oxygen atoms in total. The van der Waals surface area contributed by atoms with E-state index in [9.17, 15) is 38.9 Å². The molecule has 0 saturated heterocycles. The van der Waals surface area contributed by atoms with Gasteiger partial charge < -0.3 is 29.8 Å². The molecule has 0 amide bonds. The lowest BCUT2D eigenvalue weighted by Crippen LogP contribution is -2.47. The molecule has 0 aliphatic carbocycles. The van der Waals surface area contributed by atoms with E-state index in [1.54, 1.807) is 18.2 Å². The summed E-state index contributed by atoms with van der Waals surface area (Å²) in [6.07, 6.45) is 2.67. The molecule has 0 saturated carbocycles. The first-order valence-electron chi connectivity index (χ1n) is 6.56. The molecule has 24 heavy (non-hydrogen) atoms. The summed E-state index contributed by atoms with van der Waals surface area (Å²) in [6.45, 7) is -1.01. The van der Waals surface area contributed by atoms with Gasteiger partial charge >= 0.3 is 20.3 Å². The monoisotopic (exact) mass is 376 g/mol. The van der Waals surface area contributed by atoms with E-state index in [0.717, 1.165) is 4.57 Å². The highest BCUT2D eigenvalue weighted by Gasteiger charge is 2.62. The van der Waals surface area contributed by atoms with Gasteiger partial charge in [0.15, 0.2) is 12.4 Å². The number of rotatable bonds is 5. The molecule has 6 N–H and O–H groups in total. The van der Waals surface area contributed by atoms with Gasteiger partial charge in [0.05, 0.1) is 0 Å². The molecule has 0 aliphatic rings. The van der Waals surface area contributed by atoms with Crippen LogP contribution in [0.25, 0.3) is 11.1 Å². The molecule has 130 valence electrons. The van der Waals surface area contributed by atoms with Gasteiger partial charge in [-0.3, -0.25) is 9.13 Å². The molecule has 0 fully saturated rings. The van der Waals surface area contributed by atoms with Crippen LogP contribution in [0.3, 0.4) is 0 Å². The Bertz CT molecular complexity index is 804. The molecule has 2 aromatic rings. The van der Waals surface area contributed by atoms with Crippen LogP contribution in [-0.4, -0.2) is 34.9 Å². The molecule has 11 heteroatoms. The summed E-state index contributed by atoms with van der Waals surface area (Å²) < 4.78 is 23.9. The first kappa shape index (κ1) is 18.8. The number of aromatic nitrogens is 1. The fourth-order valence-corrected chi connectivity index (χ4v) is 4.10. The van der Waals surface area contributed by atoms with E-state index in [1.165, 1.54) is 30.6 Å². The third-order valence-corrected chi connectivity index (χ3v) is 7.10. The molecule has 0 atom stereocenters. The molecule has 0 spiro atoms. The van der Waals surface area contributed by atoms with E-state index in [0.29, 0.717) is 11.1 Å². The number of hydrogen-bond acceptors (Lipinski definition) is 4.